The second-order valence-electron chi connectivity index (χ2n) is 4.61. The second-order valence-corrected chi connectivity index (χ2v) is 4.61. The summed E-state index contributed by atoms with van der Waals surface area (Å²) in [5.41, 5.74) is 8.41. The van der Waals surface area contributed by atoms with Crippen LogP contribution in [0.4, 0.5) is 5.69 Å². The number of nitrogens with zero attached hydrogens (tertiary/aromatic N) is 1. The van der Waals surface area contributed by atoms with Crippen molar-refractivity contribution in [2.24, 2.45) is 0 Å². The summed E-state index contributed by atoms with van der Waals surface area (Å²) in [6.07, 6.45) is 1.43. The average molecular weight is 285 g/mol. The lowest BCUT2D eigenvalue weighted by Crippen LogP contribution is -2.23. The van der Waals surface area contributed by atoms with Gasteiger partial charge in [0.05, 0.1) is 0 Å². The molecule has 0 fully saturated rings. The monoisotopic (exact) mass is 285 g/mol. The molecule has 0 saturated carbocycles. The molecule has 0 saturated heterocycles. The molecule has 0 radical (unpaired) electrons. The van der Waals surface area contributed by atoms with Crippen LogP contribution in [0.15, 0.2) is 36.5 Å². The second kappa shape index (κ2) is 6.04. The Kier molecular flexibility index (Phi) is 4.18. The molecular weight excluding hydrogens is 270 g/mol. The third-order valence-electron chi connectivity index (χ3n) is 3.03. The lowest BCUT2D eigenvalue weighted by atomic mass is 10.1. The summed E-state index contributed by atoms with van der Waals surface area (Å²) in [6.45, 7) is 2.11. The number of rotatable bonds is 4. The SMILES string of the molecule is Cc1cc(C(=O)NCc2ccc(C(=O)O)nc2)ccc1N. The number of carboxylic acids is 1. The van der Waals surface area contributed by atoms with Gasteiger partial charge in [-0.25, -0.2) is 9.78 Å². The molecule has 2 rings (SSSR count). The Morgan fingerprint density at radius 1 is 1.29 bits per heavy atom. The third kappa shape index (κ3) is 3.56. The number of carbonyl (C=O) groups is 2. The highest BCUT2D eigenvalue weighted by atomic mass is 16.4. The zero-order chi connectivity index (χ0) is 15.4. The number of benzene rings is 1. The molecule has 6 nitrogen and oxygen atoms in total. The molecule has 108 valence electrons. The number of aromatic nitrogens is 1. The van der Waals surface area contributed by atoms with E-state index in [1.54, 1.807) is 24.3 Å². The topological polar surface area (TPSA) is 105 Å². The summed E-state index contributed by atoms with van der Waals surface area (Å²) in [4.78, 5) is 26.5. The van der Waals surface area contributed by atoms with Gasteiger partial charge in [0.25, 0.3) is 5.91 Å². The maximum absolute atomic E-state index is 12.0. The lowest BCUT2D eigenvalue weighted by Gasteiger charge is -2.07. The molecule has 1 heterocycles. The number of aromatic carboxylic acids is 1. The number of carboxylic acid groups (broad SMARTS) is 1. The number of nitrogens with two attached hydrogens (primary N) is 1. The molecule has 0 spiro atoms. The summed E-state index contributed by atoms with van der Waals surface area (Å²) < 4.78 is 0. The van der Waals surface area contributed by atoms with E-state index in [0.717, 1.165) is 11.1 Å². The van der Waals surface area contributed by atoms with Gasteiger partial charge in [0, 0.05) is 24.0 Å². The van der Waals surface area contributed by atoms with E-state index in [0.29, 0.717) is 11.3 Å². The molecule has 0 atom stereocenters. The van der Waals surface area contributed by atoms with E-state index in [-0.39, 0.29) is 18.1 Å². The standard InChI is InChI=1S/C15H15N3O3/c1-9-6-11(3-4-12(9)16)14(19)18-8-10-2-5-13(15(20)21)17-7-10/h2-7H,8,16H2,1H3,(H,18,19)(H,20,21). The van der Waals surface area contributed by atoms with Crippen molar-refractivity contribution in [2.45, 2.75) is 13.5 Å². The highest BCUT2D eigenvalue weighted by molar-refractivity contribution is 5.94. The van der Waals surface area contributed by atoms with Gasteiger partial charge in [-0.05, 0) is 42.3 Å². The van der Waals surface area contributed by atoms with Gasteiger partial charge in [-0.15, -0.1) is 0 Å². The van der Waals surface area contributed by atoms with Crippen molar-refractivity contribution in [1.82, 2.24) is 10.3 Å². The molecule has 1 aromatic heterocycles. The Balaban J connectivity index is 2.00. The van der Waals surface area contributed by atoms with Crippen molar-refractivity contribution < 1.29 is 14.7 Å². The van der Waals surface area contributed by atoms with Crippen LogP contribution in [-0.4, -0.2) is 22.0 Å². The van der Waals surface area contributed by atoms with E-state index in [2.05, 4.69) is 10.3 Å². The summed E-state index contributed by atoms with van der Waals surface area (Å²) in [5, 5.41) is 11.5. The Bertz CT molecular complexity index is 681. The minimum absolute atomic E-state index is 0.0285. The van der Waals surface area contributed by atoms with Crippen molar-refractivity contribution >= 4 is 17.6 Å². The van der Waals surface area contributed by atoms with E-state index < -0.39 is 5.97 Å². The first-order chi connectivity index (χ1) is 9.97. The summed E-state index contributed by atoms with van der Waals surface area (Å²) in [5.74, 6) is -1.30. The molecule has 4 N–H and O–H groups in total. The normalized spacial score (nSPS) is 10.1. The molecule has 2 aromatic rings. The number of nitrogen functional groups attached to an aromatic ring is 1. The van der Waals surface area contributed by atoms with Gasteiger partial charge in [-0.3, -0.25) is 4.79 Å². The summed E-state index contributed by atoms with van der Waals surface area (Å²) in [6, 6.07) is 8.08. The van der Waals surface area contributed by atoms with Crippen LogP contribution in [0.5, 0.6) is 0 Å². The first-order valence-corrected chi connectivity index (χ1v) is 6.30. The maximum atomic E-state index is 12.0. The van der Waals surface area contributed by atoms with Gasteiger partial charge in [0.2, 0.25) is 0 Å². The van der Waals surface area contributed by atoms with Crippen LogP contribution in [0.25, 0.3) is 0 Å². The number of carbonyl (C=O) groups excluding carboxylic acids is 1. The van der Waals surface area contributed by atoms with Crippen LogP contribution in [-0.2, 0) is 6.54 Å². The number of aryl methyl sites for hydroxylation is 1. The van der Waals surface area contributed by atoms with E-state index in [9.17, 15) is 9.59 Å². The van der Waals surface area contributed by atoms with Gasteiger partial charge in [-0.1, -0.05) is 6.07 Å². The Hall–Kier alpha value is -2.89. The summed E-state index contributed by atoms with van der Waals surface area (Å²) in [7, 11) is 0. The molecule has 1 aromatic carbocycles. The summed E-state index contributed by atoms with van der Waals surface area (Å²) >= 11 is 0. The Labute approximate surface area is 121 Å². The number of amides is 1. The lowest BCUT2D eigenvalue weighted by molar-refractivity contribution is 0.0690. The van der Waals surface area contributed by atoms with Gasteiger partial charge in [0.15, 0.2) is 0 Å². The molecule has 0 unspecified atom stereocenters. The van der Waals surface area contributed by atoms with Crippen LogP contribution >= 0.6 is 0 Å². The van der Waals surface area contributed by atoms with Gasteiger partial charge in [-0.2, -0.15) is 0 Å². The number of pyridine rings is 1. The largest absolute Gasteiger partial charge is 0.477 e. The third-order valence-corrected chi connectivity index (χ3v) is 3.03. The van der Waals surface area contributed by atoms with Crippen molar-refractivity contribution in [3.8, 4) is 0 Å². The number of nitrogens with one attached hydrogen (secondary N) is 1. The maximum Gasteiger partial charge on any atom is 0.354 e. The predicted molar refractivity (Wildman–Crippen MR) is 78.0 cm³/mol. The first kappa shape index (κ1) is 14.5. The highest BCUT2D eigenvalue weighted by Crippen LogP contribution is 2.12. The molecule has 6 heteroatoms. The highest BCUT2D eigenvalue weighted by Gasteiger charge is 2.08. The predicted octanol–water partition coefficient (Wildman–Crippen LogP) is 1.60. The minimum atomic E-state index is -1.08. The molecule has 0 bridgehead atoms. The van der Waals surface area contributed by atoms with Crippen molar-refractivity contribution in [3.63, 3.8) is 0 Å². The van der Waals surface area contributed by atoms with Crippen LogP contribution in [0.3, 0.4) is 0 Å². The van der Waals surface area contributed by atoms with Crippen molar-refractivity contribution in [3.05, 3.63) is 58.9 Å². The number of hydrogen-bond acceptors (Lipinski definition) is 4. The van der Waals surface area contributed by atoms with Crippen LogP contribution < -0.4 is 11.1 Å². The van der Waals surface area contributed by atoms with Crippen LogP contribution in [0.2, 0.25) is 0 Å². The fraction of sp³-hybridized carbons (Fsp3) is 0.133. The molecule has 21 heavy (non-hydrogen) atoms. The van der Waals surface area contributed by atoms with Crippen LogP contribution in [0.1, 0.15) is 32.0 Å². The fourth-order valence-electron chi connectivity index (χ4n) is 1.76. The number of hydrogen-bond donors (Lipinski definition) is 3. The van der Waals surface area contributed by atoms with Crippen molar-refractivity contribution in [1.29, 1.82) is 0 Å². The fourth-order valence-corrected chi connectivity index (χ4v) is 1.76. The smallest absolute Gasteiger partial charge is 0.354 e. The van der Waals surface area contributed by atoms with Gasteiger partial charge >= 0.3 is 5.97 Å². The quantitative estimate of drug-likeness (QED) is 0.740. The zero-order valence-electron chi connectivity index (χ0n) is 11.5. The zero-order valence-corrected chi connectivity index (χ0v) is 11.5. The van der Waals surface area contributed by atoms with E-state index >= 15 is 0 Å². The Morgan fingerprint density at radius 2 is 2.05 bits per heavy atom. The van der Waals surface area contributed by atoms with Crippen LogP contribution in [0, 0.1) is 6.92 Å². The van der Waals surface area contributed by atoms with E-state index in [1.165, 1.54) is 12.3 Å². The molecular formula is C15H15N3O3. The first-order valence-electron chi connectivity index (χ1n) is 6.30. The minimum Gasteiger partial charge on any atom is -0.477 e. The molecule has 0 aliphatic carbocycles. The average Bonchev–Trinajstić information content (AvgIpc) is 2.48. The van der Waals surface area contributed by atoms with Crippen molar-refractivity contribution in [2.75, 3.05) is 5.73 Å². The van der Waals surface area contributed by atoms with E-state index in [1.807, 2.05) is 6.92 Å². The van der Waals surface area contributed by atoms with Gasteiger partial charge in [0.1, 0.15) is 5.69 Å². The molecule has 0 aliphatic heterocycles. The molecule has 1 amide bonds. The van der Waals surface area contributed by atoms with E-state index in [4.69, 9.17) is 10.8 Å². The Morgan fingerprint density at radius 3 is 2.62 bits per heavy atom. The molecule has 0 aliphatic rings. The number of anilines is 1. The van der Waals surface area contributed by atoms with Gasteiger partial charge < -0.3 is 16.2 Å².